The molecule has 14 heterocycles. The predicted molar refractivity (Wildman–Crippen MR) is 453 cm³/mol. The minimum absolute atomic E-state index is 0. The van der Waals surface area contributed by atoms with Crippen LogP contribution in [-0.2, 0) is 16.0 Å². The molecule has 14 aromatic heterocycles. The molecule has 0 saturated carbocycles. The van der Waals surface area contributed by atoms with Gasteiger partial charge in [0.2, 0.25) is 26.9 Å². The minimum atomic E-state index is -0.650. The van der Waals surface area contributed by atoms with Crippen LogP contribution < -0.4 is 31.6 Å². The Kier molecular flexibility index (Phi) is 34.7. The topological polar surface area (TPSA) is 371 Å². The number of pyridine rings is 6. The van der Waals surface area contributed by atoms with Crippen LogP contribution in [0.2, 0.25) is 15.5 Å². The monoisotopic (exact) mass is 1680 g/mol. The average Bonchev–Trinajstić information content (AvgIpc) is 1.70. The summed E-state index contributed by atoms with van der Waals surface area (Å²) in [6.45, 7) is 2.05. The van der Waals surface area contributed by atoms with Gasteiger partial charge in [0, 0.05) is 170 Å². The van der Waals surface area contributed by atoms with E-state index in [1.165, 1.54) is 59.4 Å². The fourth-order valence-corrected chi connectivity index (χ4v) is 12.8. The van der Waals surface area contributed by atoms with Crippen LogP contribution in [0.4, 0.5) is 22.2 Å². The highest BCUT2D eigenvalue weighted by atomic mass is 35.5. The second-order valence-corrected chi connectivity index (χ2v) is 27.8. The van der Waals surface area contributed by atoms with Crippen molar-refractivity contribution in [2.45, 2.75) is 27.3 Å². The number of ketones is 2. The molecule has 0 spiro atoms. The molecule has 2 amide bonds. The first kappa shape index (κ1) is 88.1. The summed E-state index contributed by atoms with van der Waals surface area (Å²) in [6, 6.07) is 34.0. The molecular formula is C77H79Cl3N24O7S4. The predicted octanol–water partition coefficient (Wildman–Crippen LogP) is 15.6. The number of hydrogen-bond acceptors (Lipinski definition) is 29. The number of aromatic nitrogens is 18. The molecule has 0 aliphatic carbocycles. The number of hydrogen-bond donors (Lipinski definition) is 4. The lowest BCUT2D eigenvalue weighted by atomic mass is 10.1. The zero-order valence-corrected chi connectivity index (χ0v) is 68.1. The molecule has 38 heteroatoms. The van der Waals surface area contributed by atoms with Crippen molar-refractivity contribution in [3.05, 3.63) is 268 Å². The first-order chi connectivity index (χ1) is 55.2. The lowest BCUT2D eigenvalue weighted by molar-refractivity contribution is -0.179. The van der Waals surface area contributed by atoms with E-state index in [2.05, 4.69) is 80.9 Å². The minimum Gasteiger partial charge on any atom is -0.497 e. The number of primary amides is 1. The number of nitrogens with two attached hydrogens (primary N) is 2. The van der Waals surface area contributed by atoms with Gasteiger partial charge in [-0.15, -0.1) is 45.3 Å². The van der Waals surface area contributed by atoms with Crippen LogP contribution in [0.1, 0.15) is 40.6 Å². The number of ether oxygens (including phenoxy) is 4. The molecule has 0 radical (unpaired) electrons. The Morgan fingerprint density at radius 1 is 0.478 bits per heavy atom. The van der Waals surface area contributed by atoms with E-state index >= 15 is 0 Å². The third-order valence-corrected chi connectivity index (χ3v) is 18.5. The molecule has 15 aromatic rings. The Morgan fingerprint density at radius 2 is 0.887 bits per heavy atom. The normalized spacial score (nSPS) is 10.4. The maximum absolute atomic E-state index is 11.5. The fourth-order valence-electron chi connectivity index (χ4n) is 9.83. The van der Waals surface area contributed by atoms with Crippen molar-refractivity contribution in [2.75, 3.05) is 73.0 Å². The quantitative estimate of drug-likeness (QED) is 0.0225. The molecule has 0 aliphatic rings. The third-order valence-electron chi connectivity index (χ3n) is 14.9. The van der Waals surface area contributed by atoms with Crippen molar-refractivity contribution < 1.29 is 33.3 Å². The van der Waals surface area contributed by atoms with Gasteiger partial charge in [-0.25, -0.2) is 73.4 Å². The summed E-state index contributed by atoms with van der Waals surface area (Å²) in [5, 5.41) is 35.0. The number of rotatable bonds is 21. The number of benzene rings is 1. The Bertz CT molecular complexity index is 5380. The number of Topliss-reactive ketones (excluding diaryl/α,β-unsaturated/α-hetero) is 1. The molecule has 115 heavy (non-hydrogen) atoms. The van der Waals surface area contributed by atoms with E-state index in [-0.39, 0.29) is 25.4 Å². The van der Waals surface area contributed by atoms with Gasteiger partial charge in [-0.2, -0.15) is 20.4 Å². The van der Waals surface area contributed by atoms with Gasteiger partial charge in [0.25, 0.3) is 0 Å². The number of allylic oxidation sites excluding steroid dienone is 1. The summed E-state index contributed by atoms with van der Waals surface area (Å²) in [5.41, 5.74) is 20.4. The van der Waals surface area contributed by atoms with E-state index < -0.39 is 6.03 Å². The average molecular weight is 1690 g/mol. The van der Waals surface area contributed by atoms with Crippen LogP contribution in [-0.4, -0.2) is 179 Å². The van der Waals surface area contributed by atoms with Crippen molar-refractivity contribution in [3.63, 3.8) is 0 Å². The van der Waals surface area contributed by atoms with Gasteiger partial charge in [0.1, 0.15) is 44.4 Å². The lowest BCUT2D eigenvalue weighted by Crippen LogP contribution is -2.30. The van der Waals surface area contributed by atoms with Crippen LogP contribution in [0.5, 0.6) is 11.5 Å². The Balaban J connectivity index is 0.000000173. The third kappa shape index (κ3) is 26.6. The standard InChI is InChI=1S/C20H19N5O2S.C12H10N6OS.C11H7ClN4S.C11H9N5S.C10H11ClN2O.C7H6ClNO.C5H13NO2.CH4/c1-26-16-3-4-18(27-2)15(11-16)13-23-19-12-14(5-7-21-19)17-6-8-24-25(17)20-22-9-10-28-20;13-11(19)17-10-7-8(1-3-14-10)9-2-4-16-18(9)12-15-5-6-20-12;2*12-10-7-8(1-3-13-10)9-2-4-15-16(9)11-14-5-6-17-11;1-13(2)6-4-9(14)8-3-5-12-10(11)7-8;1-5(10)6-2-3-9-7(8)4-6;1-6(2)5(7-3)8-4;/h3-12H,13H2,1-2H3,(H,21,23);1-7H,(H3,13,14,17,19);1-7H;1-7H,(H2,12,13);3-7H,1-2H3;2-4H,1H3;5H,1-4H3;1H4/b;;;;6-4+;;;. The van der Waals surface area contributed by atoms with Gasteiger partial charge in [-0.3, -0.25) is 19.8 Å². The second-order valence-electron chi connectivity index (χ2n) is 23.2. The van der Waals surface area contributed by atoms with Gasteiger partial charge in [-0.05, 0) is 136 Å². The van der Waals surface area contributed by atoms with E-state index in [0.29, 0.717) is 44.8 Å². The maximum Gasteiger partial charge on any atom is 0.317 e. The van der Waals surface area contributed by atoms with Gasteiger partial charge in [0.05, 0.1) is 61.8 Å². The number of nitrogens with one attached hydrogen (secondary N) is 2. The van der Waals surface area contributed by atoms with Crippen molar-refractivity contribution in [3.8, 4) is 77.1 Å². The number of nitrogen functional groups attached to an aromatic ring is 1. The zero-order valence-electron chi connectivity index (χ0n) is 62.5. The largest absolute Gasteiger partial charge is 0.497 e. The maximum atomic E-state index is 11.5. The summed E-state index contributed by atoms with van der Waals surface area (Å²) in [4.78, 5) is 77.7. The summed E-state index contributed by atoms with van der Waals surface area (Å²) in [6.07, 6.45) is 26.7. The molecule has 0 unspecified atom stereocenters. The van der Waals surface area contributed by atoms with E-state index in [0.717, 1.165) is 88.4 Å². The molecule has 0 atom stereocenters. The second kappa shape index (κ2) is 45.3. The number of methoxy groups -OCH3 is 4. The zero-order chi connectivity index (χ0) is 81.3. The number of nitrogens with zero attached hydrogens (tertiary/aromatic N) is 20. The Labute approximate surface area is 693 Å². The van der Waals surface area contributed by atoms with Crippen LogP contribution in [0.3, 0.4) is 0 Å². The smallest absolute Gasteiger partial charge is 0.317 e. The van der Waals surface area contributed by atoms with Gasteiger partial charge in [0.15, 0.2) is 11.6 Å². The molecule has 594 valence electrons. The summed E-state index contributed by atoms with van der Waals surface area (Å²) in [5.74, 6) is 3.15. The number of urea groups is 1. The molecule has 0 saturated heterocycles. The molecule has 1 aromatic carbocycles. The molecule has 0 fully saturated rings. The molecule has 15 rings (SSSR count). The first-order valence-electron chi connectivity index (χ1n) is 33.6. The van der Waals surface area contributed by atoms with Gasteiger partial charge < -0.3 is 40.6 Å². The van der Waals surface area contributed by atoms with Crippen molar-refractivity contribution in [2.24, 2.45) is 5.73 Å². The van der Waals surface area contributed by atoms with Crippen LogP contribution in [0.25, 0.3) is 65.6 Å². The summed E-state index contributed by atoms with van der Waals surface area (Å²) >= 11 is 23.2. The number of carbonyl (C=O) groups is 3. The Hall–Kier alpha value is -12.4. The highest BCUT2D eigenvalue weighted by molar-refractivity contribution is 7.12. The first-order valence-corrected chi connectivity index (χ1v) is 38.3. The molecule has 0 bridgehead atoms. The van der Waals surface area contributed by atoms with Crippen LogP contribution in [0, 0.1) is 0 Å². The number of amides is 2. The molecule has 6 N–H and O–H groups in total. The number of thiazole rings is 4. The highest BCUT2D eigenvalue weighted by Gasteiger charge is 2.16. The van der Waals surface area contributed by atoms with E-state index in [4.69, 9.17) is 65.2 Å². The van der Waals surface area contributed by atoms with Crippen molar-refractivity contribution >= 4 is 115 Å². The van der Waals surface area contributed by atoms with Crippen LogP contribution >= 0.6 is 80.1 Å². The number of halogens is 3. The lowest BCUT2D eigenvalue weighted by Gasteiger charge is -2.19. The van der Waals surface area contributed by atoms with E-state index in [9.17, 15) is 14.4 Å². The van der Waals surface area contributed by atoms with E-state index in [1.54, 1.807) is 170 Å². The SMILES string of the molecule is C.CC(=O)c1ccnc(Cl)c1.CN(C)/C=C/C(=O)c1ccnc(Cl)c1.COC(OC)N(C)C.COc1ccc(OC)c(CNc2cc(-c3ccnn3-c3nccs3)ccn2)c1.Clc1cc(-c2ccnn2-c2nccs2)ccn1.NC(=O)Nc1cc(-c2ccnn2-c2nccs2)ccn1.Nc1cc(-c2ccnn2-c2nccs2)ccn1. The molecular weight excluding hydrogens is 1610 g/mol. The highest BCUT2D eigenvalue weighted by Crippen LogP contribution is 2.31. The van der Waals surface area contributed by atoms with Crippen molar-refractivity contribution in [1.29, 1.82) is 0 Å². The van der Waals surface area contributed by atoms with Crippen LogP contribution in [0.15, 0.2) is 236 Å². The van der Waals surface area contributed by atoms with E-state index in [1.807, 2.05) is 144 Å². The van der Waals surface area contributed by atoms with Crippen molar-refractivity contribution in [1.82, 2.24) is 98.8 Å². The van der Waals surface area contributed by atoms with Gasteiger partial charge >= 0.3 is 6.03 Å². The molecule has 0 aliphatic heterocycles. The van der Waals surface area contributed by atoms with Gasteiger partial charge in [-0.1, -0.05) is 42.2 Å². The Morgan fingerprint density at radius 3 is 1.26 bits per heavy atom. The fraction of sp³-hybridized carbons (Fsp3) is 0.156. The molecule has 31 nitrogen and oxygen atoms in total. The summed E-state index contributed by atoms with van der Waals surface area (Å²) < 4.78 is 27.6. The summed E-state index contributed by atoms with van der Waals surface area (Å²) in [7, 11) is 14.0. The number of anilines is 3. The number of carbonyl (C=O) groups excluding carboxylic acids is 3.